The van der Waals surface area contributed by atoms with Gasteiger partial charge in [-0.2, -0.15) is 228 Å². The average Bonchev–Trinajstić information content (AvgIpc) is 0.726. The summed E-state index contributed by atoms with van der Waals surface area (Å²) in [6.45, 7) is -6.92. The van der Waals surface area contributed by atoms with Gasteiger partial charge in [0.15, 0.2) is 0 Å². The Morgan fingerprint density at radius 3 is 0.517 bits per heavy atom. The number of halogens is 52. The minimum absolute atomic E-state index is 0.293. The lowest BCUT2D eigenvalue weighted by molar-refractivity contribution is -0.440. The van der Waals surface area contributed by atoms with Crippen LogP contribution in [0, 0.1) is 0 Å². The molecule has 0 aliphatic heterocycles. The van der Waals surface area contributed by atoms with Crippen LogP contribution in [0.25, 0.3) is 33.6 Å². The monoisotopic (exact) mass is 1810 g/mol. The Morgan fingerprint density at radius 2 is 0.353 bits per heavy atom. The molecule has 0 N–H and O–H groups in total. The van der Waals surface area contributed by atoms with Crippen molar-refractivity contribution in [3.63, 3.8) is 0 Å². The third kappa shape index (κ3) is 17.4. The van der Waals surface area contributed by atoms with E-state index in [1.165, 1.54) is 0 Å². The van der Waals surface area contributed by atoms with Crippen LogP contribution in [0.4, 0.5) is 228 Å². The molecule has 0 aliphatic carbocycles. The standard InChI is InChI=1S/C58H36F52N2O4/c59-35(60,39(67,68)43(75,76)47(83,84)51(91,92)55(99,100)101)7-1-13-113-29-17-27(18-30(23-29)114-14-2-8-36(61,62)40(69,70)44(77,78)48(85,86)52(93,94)56(102,103)104)25-5-11-111-33(21-25)34-22-26(6-12-112-34)28-19-31(115-15-3-9-37(63,64)41(71,72)45(79,80)49(87,88)53(95,96)57(105,106)107)24-32(20-28)116-16-4-10-38(65,66)42(73,74)46(81,82)50(89,90)54(97,98)58(108,109)110/h5-6,11-12,17-24H,1-4,7-10,13-16H2. The first kappa shape index (κ1) is 101. The van der Waals surface area contributed by atoms with E-state index in [0.717, 1.165) is 24.3 Å². The van der Waals surface area contributed by atoms with Crippen molar-refractivity contribution in [3.8, 4) is 56.6 Å². The van der Waals surface area contributed by atoms with Crippen LogP contribution in [-0.2, 0) is 0 Å². The summed E-state index contributed by atoms with van der Waals surface area (Å²) in [4.78, 5) is 7.67. The van der Waals surface area contributed by atoms with Crippen LogP contribution in [0.2, 0.25) is 0 Å². The summed E-state index contributed by atoms with van der Waals surface area (Å²) in [5.74, 6) is -163. The molecule has 116 heavy (non-hydrogen) atoms. The number of rotatable bonds is 39. The number of ether oxygens (including phenoxy) is 4. The van der Waals surface area contributed by atoms with Gasteiger partial charge in [0.25, 0.3) is 0 Å². The van der Waals surface area contributed by atoms with Gasteiger partial charge < -0.3 is 18.9 Å². The highest BCUT2D eigenvalue weighted by atomic mass is 19.5. The molecule has 2 aromatic heterocycles. The zero-order valence-electron chi connectivity index (χ0n) is 54.6. The second-order valence-corrected chi connectivity index (χ2v) is 24.1. The van der Waals surface area contributed by atoms with Crippen molar-refractivity contribution in [2.75, 3.05) is 26.4 Å². The van der Waals surface area contributed by atoms with Gasteiger partial charge >= 0.3 is 143 Å². The van der Waals surface area contributed by atoms with Crippen LogP contribution in [0.5, 0.6) is 23.0 Å². The first-order valence-corrected chi connectivity index (χ1v) is 29.8. The minimum Gasteiger partial charge on any atom is -0.493 e. The molecule has 0 fully saturated rings. The fourth-order valence-electron chi connectivity index (χ4n) is 9.08. The fourth-order valence-corrected chi connectivity index (χ4v) is 9.08. The maximum Gasteiger partial charge on any atom is 0.460 e. The lowest BCUT2D eigenvalue weighted by atomic mass is 9.92. The second-order valence-electron chi connectivity index (χ2n) is 24.1. The fraction of sp³-hybridized carbons (Fsp3) is 0.621. The maximum atomic E-state index is 14.6. The van der Waals surface area contributed by atoms with Gasteiger partial charge in [-0.3, -0.25) is 9.97 Å². The molecule has 0 spiro atoms. The Bertz CT molecular complexity index is 3550. The van der Waals surface area contributed by atoms with Crippen molar-refractivity contribution in [3.05, 3.63) is 73.1 Å². The predicted molar refractivity (Wildman–Crippen MR) is 280 cm³/mol. The van der Waals surface area contributed by atoms with Gasteiger partial charge in [0.1, 0.15) is 23.0 Å². The van der Waals surface area contributed by atoms with Gasteiger partial charge in [0.05, 0.1) is 37.8 Å². The molecule has 0 atom stereocenters. The molecule has 0 unspecified atom stereocenters. The van der Waals surface area contributed by atoms with Crippen LogP contribution >= 0.6 is 0 Å². The molecule has 0 saturated heterocycles. The molecule has 2 heterocycles. The van der Waals surface area contributed by atoms with E-state index in [-0.39, 0.29) is 0 Å². The van der Waals surface area contributed by atoms with Crippen LogP contribution in [-0.4, -0.2) is 180 Å². The highest BCUT2D eigenvalue weighted by Crippen LogP contribution is 2.66. The third-order valence-corrected chi connectivity index (χ3v) is 15.8. The molecule has 666 valence electrons. The van der Waals surface area contributed by atoms with Crippen LogP contribution in [0.1, 0.15) is 51.4 Å². The summed E-state index contributed by atoms with van der Waals surface area (Å²) in [6, 6.07) is 5.68. The zero-order chi connectivity index (χ0) is 91.0. The molecule has 0 amide bonds. The van der Waals surface area contributed by atoms with Crippen molar-refractivity contribution >= 4 is 0 Å². The van der Waals surface area contributed by atoms with Crippen molar-refractivity contribution < 1.29 is 247 Å². The minimum atomic E-state index is -8.40. The maximum absolute atomic E-state index is 14.6. The van der Waals surface area contributed by atoms with E-state index in [4.69, 9.17) is 18.9 Å². The Labute approximate surface area is 607 Å². The highest BCUT2D eigenvalue weighted by Gasteiger charge is 2.95. The number of pyridine rings is 2. The predicted octanol–water partition coefficient (Wildman–Crippen LogP) is 25.1. The topological polar surface area (TPSA) is 62.7 Å². The number of aromatic nitrogens is 2. The second kappa shape index (κ2) is 31.5. The molecule has 0 bridgehead atoms. The van der Waals surface area contributed by atoms with Gasteiger partial charge in [-0.05, 0) is 96.5 Å². The van der Waals surface area contributed by atoms with Gasteiger partial charge in [0, 0.05) is 50.2 Å². The third-order valence-electron chi connectivity index (χ3n) is 15.8. The Balaban J connectivity index is 1.83. The van der Waals surface area contributed by atoms with Crippen molar-refractivity contribution in [2.24, 2.45) is 0 Å². The van der Waals surface area contributed by atoms with E-state index in [9.17, 15) is 228 Å². The van der Waals surface area contributed by atoms with Crippen LogP contribution in [0.15, 0.2) is 73.1 Å². The Hall–Kier alpha value is -7.70. The summed E-state index contributed by atoms with van der Waals surface area (Å²) in [7, 11) is 0. The zero-order valence-corrected chi connectivity index (χ0v) is 54.6. The molecular formula is C58H36F52N2O4. The molecule has 4 rings (SSSR count). The van der Waals surface area contributed by atoms with Gasteiger partial charge in [-0.1, -0.05) is 0 Å². The van der Waals surface area contributed by atoms with Crippen molar-refractivity contribution in [2.45, 2.75) is 195 Å². The van der Waals surface area contributed by atoms with Crippen molar-refractivity contribution in [1.82, 2.24) is 9.97 Å². The first-order chi connectivity index (χ1) is 51.2. The van der Waals surface area contributed by atoms with E-state index in [0.29, 0.717) is 48.8 Å². The first-order valence-electron chi connectivity index (χ1n) is 29.8. The summed E-state index contributed by atoms with van der Waals surface area (Å²) in [6.07, 6.45) is -49.9. The van der Waals surface area contributed by atoms with Crippen LogP contribution in [0.3, 0.4) is 0 Å². The quantitative estimate of drug-likeness (QED) is 0.0328. The van der Waals surface area contributed by atoms with E-state index in [1.54, 1.807) is 0 Å². The van der Waals surface area contributed by atoms with Gasteiger partial charge in [-0.25, -0.2) is 0 Å². The van der Waals surface area contributed by atoms with Crippen molar-refractivity contribution in [1.29, 1.82) is 0 Å². The molecule has 0 saturated carbocycles. The average molecular weight is 1810 g/mol. The Morgan fingerprint density at radius 1 is 0.190 bits per heavy atom. The molecule has 6 nitrogen and oxygen atoms in total. The number of hydrogen-bond donors (Lipinski definition) is 0. The summed E-state index contributed by atoms with van der Waals surface area (Å²) in [5, 5.41) is 0. The lowest BCUT2D eigenvalue weighted by Gasteiger charge is -2.39. The smallest absolute Gasteiger partial charge is 0.460 e. The van der Waals surface area contributed by atoms with Gasteiger partial charge in [0.2, 0.25) is 0 Å². The largest absolute Gasteiger partial charge is 0.493 e. The molecule has 58 heteroatoms. The normalized spacial score (nSPS) is 15.3. The van der Waals surface area contributed by atoms with E-state index < -0.39 is 278 Å². The SMILES string of the molecule is FC(F)(F)C(F)(F)C(F)(F)C(F)(F)C(F)(F)C(F)(F)CCCOc1cc(OCCCC(F)(F)C(F)(F)C(F)(F)C(F)(F)C(F)(F)C(F)(F)F)cc(-c2ccnc(-c3cc(-c4cc(OCCCC(F)(F)C(F)(F)C(F)(F)C(F)(F)C(F)(F)C(F)(F)F)cc(OCCCC(F)(F)C(F)(F)C(F)(F)C(F)(F)C(F)(F)C(F)(F)F)c4)ccn3)c2)c1. The van der Waals surface area contributed by atoms with E-state index in [2.05, 4.69) is 9.97 Å². The van der Waals surface area contributed by atoms with Gasteiger partial charge in [-0.15, -0.1) is 0 Å². The lowest BCUT2D eigenvalue weighted by Crippen LogP contribution is -2.70. The van der Waals surface area contributed by atoms with Crippen LogP contribution < -0.4 is 18.9 Å². The molecular weight excluding hydrogens is 1780 g/mol. The molecule has 0 radical (unpaired) electrons. The number of benzene rings is 2. The molecule has 0 aliphatic rings. The number of alkyl halides is 52. The molecule has 2 aromatic carbocycles. The Kier molecular flexibility index (Phi) is 27.3. The number of hydrogen-bond acceptors (Lipinski definition) is 6. The summed E-state index contributed by atoms with van der Waals surface area (Å²) in [5.41, 5.74) is -3.68. The summed E-state index contributed by atoms with van der Waals surface area (Å²) < 4.78 is 735. The highest BCUT2D eigenvalue weighted by molar-refractivity contribution is 5.75. The van der Waals surface area contributed by atoms with E-state index >= 15 is 0 Å². The number of nitrogens with zero attached hydrogens (tertiary/aromatic N) is 2. The summed E-state index contributed by atoms with van der Waals surface area (Å²) >= 11 is 0. The molecule has 4 aromatic rings. The van der Waals surface area contributed by atoms with E-state index in [1.807, 2.05) is 0 Å².